The smallest absolute Gasteiger partial charge is 0.226 e. The van der Waals surface area contributed by atoms with Crippen molar-refractivity contribution < 1.29 is 4.39 Å². The molecule has 0 aliphatic heterocycles. The van der Waals surface area contributed by atoms with Crippen molar-refractivity contribution in [3.8, 4) is 0 Å². The van der Waals surface area contributed by atoms with Gasteiger partial charge in [-0.25, -0.2) is 4.98 Å². The van der Waals surface area contributed by atoms with Crippen LogP contribution in [-0.2, 0) is 0 Å². The molecule has 0 aromatic carbocycles. The monoisotopic (exact) mass is 269 g/mol. The molecule has 54 valence electrons. The Labute approximate surface area is 76.6 Å². The predicted octanol–water partition coefficient (Wildman–Crippen LogP) is 2.55. The van der Waals surface area contributed by atoms with Crippen LogP contribution in [-0.4, -0.2) is 11.2 Å². The number of rotatable bonds is 1. The Hall–Kier alpha value is 0.160. The second-order valence-corrected chi connectivity index (χ2v) is 3.69. The minimum absolute atomic E-state index is 0.390. The first-order valence-corrected chi connectivity index (χ1v) is 4.89. The summed E-state index contributed by atoms with van der Waals surface area (Å²) >= 11 is 3.48. The van der Waals surface area contributed by atoms with Crippen molar-refractivity contribution >= 4 is 34.4 Å². The van der Waals surface area contributed by atoms with Gasteiger partial charge in [-0.1, -0.05) is 0 Å². The molecule has 1 aromatic rings. The third-order valence-electron chi connectivity index (χ3n) is 1.01. The van der Waals surface area contributed by atoms with Crippen LogP contribution >= 0.6 is 34.4 Å². The Morgan fingerprint density at radius 2 is 2.40 bits per heavy atom. The van der Waals surface area contributed by atoms with E-state index in [4.69, 9.17) is 0 Å². The summed E-state index contributed by atoms with van der Waals surface area (Å²) in [4.78, 5) is 4.55. The third kappa shape index (κ3) is 1.82. The molecule has 0 bridgehead atoms. The van der Waals surface area contributed by atoms with Crippen LogP contribution in [0.3, 0.4) is 0 Å². The van der Waals surface area contributed by atoms with E-state index in [0.29, 0.717) is 3.57 Å². The van der Waals surface area contributed by atoms with E-state index in [2.05, 4.69) is 4.98 Å². The zero-order valence-electron chi connectivity index (χ0n) is 5.27. The van der Waals surface area contributed by atoms with Crippen molar-refractivity contribution in [2.45, 2.75) is 4.90 Å². The van der Waals surface area contributed by atoms with Gasteiger partial charge in [0.25, 0.3) is 0 Å². The Bertz CT molecular complexity index is 241. The van der Waals surface area contributed by atoms with Crippen molar-refractivity contribution in [1.29, 1.82) is 0 Å². The maximum atomic E-state index is 12.5. The summed E-state index contributed by atoms with van der Waals surface area (Å²) in [7, 11) is 0. The molecule has 1 aromatic heterocycles. The quantitative estimate of drug-likeness (QED) is 0.441. The Morgan fingerprint density at radius 3 is 2.90 bits per heavy atom. The van der Waals surface area contributed by atoms with Gasteiger partial charge in [-0.2, -0.15) is 4.39 Å². The molecular formula is C6H5FINS. The molecule has 1 nitrogen and oxygen atoms in total. The first kappa shape index (κ1) is 8.26. The average molecular weight is 269 g/mol. The van der Waals surface area contributed by atoms with Gasteiger partial charge in [0.2, 0.25) is 5.95 Å². The zero-order chi connectivity index (χ0) is 7.56. The van der Waals surface area contributed by atoms with Gasteiger partial charge in [0.05, 0.1) is 3.57 Å². The molecule has 0 saturated heterocycles. The molecule has 0 saturated carbocycles. The molecule has 0 radical (unpaired) electrons. The minimum atomic E-state index is -0.390. The molecule has 0 aliphatic rings. The standard InChI is InChI=1S/C6H5FINS/c1-10-4-2-5(8)6(7)9-3-4/h2-3H,1H3. The summed E-state index contributed by atoms with van der Waals surface area (Å²) in [6, 6.07) is 1.77. The molecule has 0 aliphatic carbocycles. The van der Waals surface area contributed by atoms with Gasteiger partial charge in [0, 0.05) is 11.1 Å². The van der Waals surface area contributed by atoms with Gasteiger partial charge >= 0.3 is 0 Å². The molecule has 10 heavy (non-hydrogen) atoms. The first-order chi connectivity index (χ1) is 4.74. The Kier molecular flexibility index (Phi) is 2.91. The topological polar surface area (TPSA) is 12.9 Å². The lowest BCUT2D eigenvalue weighted by molar-refractivity contribution is 0.573. The maximum Gasteiger partial charge on any atom is 0.226 e. The van der Waals surface area contributed by atoms with Crippen molar-refractivity contribution in [1.82, 2.24) is 4.98 Å². The highest BCUT2D eigenvalue weighted by Crippen LogP contribution is 2.17. The van der Waals surface area contributed by atoms with Gasteiger partial charge in [0.1, 0.15) is 0 Å². The second-order valence-electron chi connectivity index (χ2n) is 1.65. The van der Waals surface area contributed by atoms with Crippen molar-refractivity contribution in [3.05, 3.63) is 21.8 Å². The fourth-order valence-electron chi connectivity index (χ4n) is 0.515. The van der Waals surface area contributed by atoms with E-state index in [1.165, 1.54) is 6.20 Å². The lowest BCUT2D eigenvalue weighted by Crippen LogP contribution is -1.86. The maximum absolute atomic E-state index is 12.5. The summed E-state index contributed by atoms with van der Waals surface area (Å²) in [5.41, 5.74) is 0. The van der Waals surface area contributed by atoms with Crippen LogP contribution in [0.1, 0.15) is 0 Å². The van der Waals surface area contributed by atoms with Gasteiger partial charge in [-0.15, -0.1) is 11.8 Å². The van der Waals surface area contributed by atoms with Crippen LogP contribution in [0.2, 0.25) is 0 Å². The average Bonchev–Trinajstić information content (AvgIpc) is 1.95. The van der Waals surface area contributed by atoms with E-state index in [9.17, 15) is 4.39 Å². The molecule has 0 amide bonds. The van der Waals surface area contributed by atoms with E-state index in [0.717, 1.165) is 4.90 Å². The van der Waals surface area contributed by atoms with E-state index < -0.39 is 5.95 Å². The van der Waals surface area contributed by atoms with E-state index in [-0.39, 0.29) is 0 Å². The van der Waals surface area contributed by atoms with Crippen molar-refractivity contribution in [2.24, 2.45) is 0 Å². The van der Waals surface area contributed by atoms with E-state index >= 15 is 0 Å². The highest BCUT2D eigenvalue weighted by molar-refractivity contribution is 14.1. The van der Waals surface area contributed by atoms with Crippen LogP contribution in [0, 0.1) is 9.52 Å². The number of pyridine rings is 1. The number of thioether (sulfide) groups is 1. The Balaban J connectivity index is 3.04. The van der Waals surface area contributed by atoms with Crippen LogP contribution < -0.4 is 0 Å². The number of aromatic nitrogens is 1. The van der Waals surface area contributed by atoms with Crippen LogP contribution in [0.4, 0.5) is 4.39 Å². The summed E-state index contributed by atoms with van der Waals surface area (Å²) in [5.74, 6) is -0.390. The van der Waals surface area contributed by atoms with E-state index in [1.54, 1.807) is 17.8 Å². The second kappa shape index (κ2) is 3.52. The summed E-state index contributed by atoms with van der Waals surface area (Å²) < 4.78 is 13.1. The van der Waals surface area contributed by atoms with Crippen LogP contribution in [0.25, 0.3) is 0 Å². The molecule has 0 atom stereocenters. The largest absolute Gasteiger partial charge is 0.226 e. The summed E-state index contributed by atoms with van der Waals surface area (Å²) in [6.45, 7) is 0. The van der Waals surface area contributed by atoms with Gasteiger partial charge in [-0.3, -0.25) is 0 Å². The molecule has 1 rings (SSSR count). The van der Waals surface area contributed by atoms with Crippen molar-refractivity contribution in [3.63, 3.8) is 0 Å². The van der Waals surface area contributed by atoms with E-state index in [1.807, 2.05) is 28.8 Å². The van der Waals surface area contributed by atoms with Crippen LogP contribution in [0.5, 0.6) is 0 Å². The molecule has 0 spiro atoms. The lowest BCUT2D eigenvalue weighted by atomic mass is 10.5. The predicted molar refractivity (Wildman–Crippen MR) is 48.7 cm³/mol. The SMILES string of the molecule is CSc1cnc(F)c(I)c1. The van der Waals surface area contributed by atoms with Gasteiger partial charge in [0.15, 0.2) is 0 Å². The highest BCUT2D eigenvalue weighted by Gasteiger charge is 1.99. The van der Waals surface area contributed by atoms with Gasteiger partial charge in [-0.05, 0) is 34.9 Å². The number of halogens is 2. The fourth-order valence-corrected chi connectivity index (χ4v) is 1.60. The normalized spacial score (nSPS) is 9.90. The lowest BCUT2D eigenvalue weighted by Gasteiger charge is -1.95. The number of nitrogens with zero attached hydrogens (tertiary/aromatic N) is 1. The highest BCUT2D eigenvalue weighted by atomic mass is 127. The van der Waals surface area contributed by atoms with Crippen molar-refractivity contribution in [2.75, 3.05) is 6.26 Å². The van der Waals surface area contributed by atoms with Crippen LogP contribution in [0.15, 0.2) is 17.2 Å². The molecule has 1 heterocycles. The molecule has 4 heteroatoms. The fraction of sp³-hybridized carbons (Fsp3) is 0.167. The summed E-state index contributed by atoms with van der Waals surface area (Å²) in [6.07, 6.45) is 3.47. The van der Waals surface area contributed by atoms with Gasteiger partial charge < -0.3 is 0 Å². The number of hydrogen-bond donors (Lipinski definition) is 0. The molecule has 0 N–H and O–H groups in total. The first-order valence-electron chi connectivity index (χ1n) is 2.59. The number of hydrogen-bond acceptors (Lipinski definition) is 2. The third-order valence-corrected chi connectivity index (χ3v) is 2.46. The molecule has 0 unspecified atom stereocenters. The summed E-state index contributed by atoms with van der Waals surface area (Å²) in [5, 5.41) is 0. The minimum Gasteiger partial charge on any atom is -0.226 e. The molecular weight excluding hydrogens is 264 g/mol. The molecule has 0 fully saturated rings. The zero-order valence-corrected chi connectivity index (χ0v) is 8.24. The Morgan fingerprint density at radius 1 is 1.70 bits per heavy atom.